The zero-order valence-electron chi connectivity index (χ0n) is 11.4. The SMILES string of the molecule is CC(C)(C(=O)N(CCBr)CC(F)(F)F)c1ccccc1. The Bertz CT molecular complexity index is 445. The Morgan fingerprint density at radius 3 is 2.20 bits per heavy atom. The first-order valence-electron chi connectivity index (χ1n) is 6.16. The van der Waals surface area contributed by atoms with Gasteiger partial charge in [-0.05, 0) is 19.4 Å². The Kier molecular flexibility index (Phi) is 5.62. The summed E-state index contributed by atoms with van der Waals surface area (Å²) < 4.78 is 37.7. The fourth-order valence-corrected chi connectivity index (χ4v) is 2.37. The molecule has 1 aromatic rings. The summed E-state index contributed by atoms with van der Waals surface area (Å²) in [6.45, 7) is 2.08. The molecular formula is C14H17BrF3NO. The monoisotopic (exact) mass is 351 g/mol. The lowest BCUT2D eigenvalue weighted by atomic mass is 9.83. The van der Waals surface area contributed by atoms with Crippen LogP contribution >= 0.6 is 15.9 Å². The molecule has 0 aliphatic heterocycles. The van der Waals surface area contributed by atoms with Crippen LogP contribution in [0.15, 0.2) is 30.3 Å². The predicted octanol–water partition coefficient (Wildman–Crippen LogP) is 3.75. The fraction of sp³-hybridized carbons (Fsp3) is 0.500. The molecule has 0 aliphatic carbocycles. The molecule has 0 aliphatic rings. The van der Waals surface area contributed by atoms with E-state index in [1.807, 2.05) is 0 Å². The van der Waals surface area contributed by atoms with Gasteiger partial charge in [-0.15, -0.1) is 0 Å². The molecule has 0 fully saturated rings. The maximum Gasteiger partial charge on any atom is 0.406 e. The van der Waals surface area contributed by atoms with Crippen molar-refractivity contribution in [2.45, 2.75) is 25.4 Å². The third kappa shape index (κ3) is 4.51. The zero-order valence-corrected chi connectivity index (χ0v) is 13.0. The molecule has 0 spiro atoms. The number of benzene rings is 1. The smallest absolute Gasteiger partial charge is 0.332 e. The van der Waals surface area contributed by atoms with E-state index in [2.05, 4.69) is 15.9 Å². The second kappa shape index (κ2) is 6.61. The van der Waals surface area contributed by atoms with Gasteiger partial charge in [-0.1, -0.05) is 46.3 Å². The lowest BCUT2D eigenvalue weighted by Gasteiger charge is -2.32. The summed E-state index contributed by atoms with van der Waals surface area (Å²) in [6.07, 6.45) is -4.40. The highest BCUT2D eigenvalue weighted by Crippen LogP contribution is 2.27. The summed E-state index contributed by atoms with van der Waals surface area (Å²) in [5.74, 6) is -0.527. The standard InChI is InChI=1S/C14H17BrF3NO/c1-13(2,11-6-4-3-5-7-11)12(20)19(9-8-15)10-14(16,17)18/h3-7H,8-10H2,1-2H3. The summed E-state index contributed by atoms with van der Waals surface area (Å²) >= 11 is 3.09. The number of hydrogen-bond donors (Lipinski definition) is 0. The quantitative estimate of drug-likeness (QED) is 0.739. The van der Waals surface area contributed by atoms with Crippen molar-refractivity contribution in [2.24, 2.45) is 0 Å². The van der Waals surface area contributed by atoms with Crippen molar-refractivity contribution in [3.05, 3.63) is 35.9 Å². The molecule has 0 aromatic heterocycles. The first kappa shape index (κ1) is 17.0. The van der Waals surface area contributed by atoms with Crippen LogP contribution < -0.4 is 0 Å². The van der Waals surface area contributed by atoms with Crippen LogP contribution in [0.5, 0.6) is 0 Å². The third-order valence-electron chi connectivity index (χ3n) is 3.04. The van der Waals surface area contributed by atoms with Gasteiger partial charge in [0, 0.05) is 11.9 Å². The maximum atomic E-state index is 12.6. The average molecular weight is 352 g/mol. The number of carbonyl (C=O) groups excluding carboxylic acids is 1. The van der Waals surface area contributed by atoms with Crippen LogP contribution in [-0.4, -0.2) is 35.4 Å². The normalized spacial score (nSPS) is 12.3. The molecule has 0 bridgehead atoms. The van der Waals surface area contributed by atoms with E-state index < -0.39 is 24.0 Å². The summed E-state index contributed by atoms with van der Waals surface area (Å²) in [7, 11) is 0. The summed E-state index contributed by atoms with van der Waals surface area (Å²) in [6, 6.07) is 8.83. The van der Waals surface area contributed by atoms with Crippen molar-refractivity contribution < 1.29 is 18.0 Å². The van der Waals surface area contributed by atoms with E-state index in [-0.39, 0.29) is 6.54 Å². The van der Waals surface area contributed by atoms with E-state index in [0.29, 0.717) is 10.9 Å². The summed E-state index contributed by atoms with van der Waals surface area (Å²) in [4.78, 5) is 13.3. The van der Waals surface area contributed by atoms with Crippen molar-refractivity contribution in [2.75, 3.05) is 18.4 Å². The van der Waals surface area contributed by atoms with Crippen LogP contribution in [0.2, 0.25) is 0 Å². The van der Waals surface area contributed by atoms with Crippen molar-refractivity contribution in [1.82, 2.24) is 4.90 Å². The second-order valence-electron chi connectivity index (χ2n) is 5.02. The van der Waals surface area contributed by atoms with Crippen molar-refractivity contribution >= 4 is 21.8 Å². The number of hydrogen-bond acceptors (Lipinski definition) is 1. The number of rotatable bonds is 5. The van der Waals surface area contributed by atoms with Crippen LogP contribution in [0, 0.1) is 0 Å². The molecule has 1 rings (SSSR count). The lowest BCUT2D eigenvalue weighted by Crippen LogP contribution is -2.48. The van der Waals surface area contributed by atoms with Crippen LogP contribution in [0.4, 0.5) is 13.2 Å². The molecule has 0 heterocycles. The van der Waals surface area contributed by atoms with Gasteiger partial charge >= 0.3 is 6.18 Å². The van der Waals surface area contributed by atoms with E-state index in [4.69, 9.17) is 0 Å². The third-order valence-corrected chi connectivity index (χ3v) is 3.40. The zero-order chi connectivity index (χ0) is 15.4. The summed E-state index contributed by atoms with van der Waals surface area (Å²) in [5.41, 5.74) is -0.291. The largest absolute Gasteiger partial charge is 0.406 e. The van der Waals surface area contributed by atoms with Gasteiger partial charge in [0.2, 0.25) is 5.91 Å². The number of amides is 1. The molecule has 2 nitrogen and oxygen atoms in total. The van der Waals surface area contributed by atoms with Gasteiger partial charge in [-0.25, -0.2) is 0 Å². The van der Waals surface area contributed by atoms with Gasteiger partial charge in [0.25, 0.3) is 0 Å². The molecule has 0 atom stereocenters. The molecule has 0 radical (unpaired) electrons. The number of halogens is 4. The topological polar surface area (TPSA) is 20.3 Å². The highest BCUT2D eigenvalue weighted by atomic mass is 79.9. The van der Waals surface area contributed by atoms with Gasteiger partial charge in [-0.3, -0.25) is 4.79 Å². The molecule has 0 saturated carbocycles. The van der Waals surface area contributed by atoms with Crippen LogP contribution in [-0.2, 0) is 10.2 Å². The van der Waals surface area contributed by atoms with Gasteiger partial charge in [0.1, 0.15) is 6.54 Å². The van der Waals surface area contributed by atoms with Gasteiger partial charge < -0.3 is 4.90 Å². The maximum absolute atomic E-state index is 12.6. The predicted molar refractivity (Wildman–Crippen MR) is 75.9 cm³/mol. The first-order chi connectivity index (χ1) is 9.18. The highest BCUT2D eigenvalue weighted by molar-refractivity contribution is 9.09. The molecule has 1 amide bonds. The van der Waals surface area contributed by atoms with Crippen LogP contribution in [0.1, 0.15) is 19.4 Å². The van der Waals surface area contributed by atoms with Gasteiger partial charge in [-0.2, -0.15) is 13.2 Å². The van der Waals surface area contributed by atoms with Crippen molar-refractivity contribution in [1.29, 1.82) is 0 Å². The van der Waals surface area contributed by atoms with Gasteiger partial charge in [0.05, 0.1) is 5.41 Å². The van der Waals surface area contributed by atoms with E-state index >= 15 is 0 Å². The molecule has 20 heavy (non-hydrogen) atoms. The Balaban J connectivity index is 2.99. The Hall–Kier alpha value is -1.04. The van der Waals surface area contributed by atoms with E-state index in [1.54, 1.807) is 44.2 Å². The second-order valence-corrected chi connectivity index (χ2v) is 5.81. The Morgan fingerprint density at radius 1 is 1.20 bits per heavy atom. The minimum absolute atomic E-state index is 0.0224. The molecule has 112 valence electrons. The molecule has 0 unspecified atom stereocenters. The average Bonchev–Trinajstić information content (AvgIpc) is 2.37. The molecule has 0 N–H and O–H groups in total. The van der Waals surface area contributed by atoms with Gasteiger partial charge in [0.15, 0.2) is 0 Å². The number of carbonyl (C=O) groups is 1. The van der Waals surface area contributed by atoms with Crippen molar-refractivity contribution in [3.63, 3.8) is 0 Å². The van der Waals surface area contributed by atoms with E-state index in [1.165, 1.54) is 0 Å². The lowest BCUT2D eigenvalue weighted by molar-refractivity contribution is -0.163. The highest BCUT2D eigenvalue weighted by Gasteiger charge is 2.39. The summed E-state index contributed by atoms with van der Waals surface area (Å²) in [5, 5.41) is 0.305. The molecule has 6 heteroatoms. The van der Waals surface area contributed by atoms with E-state index in [9.17, 15) is 18.0 Å². The fourth-order valence-electron chi connectivity index (χ4n) is 1.94. The minimum Gasteiger partial charge on any atom is -0.332 e. The Morgan fingerprint density at radius 2 is 1.75 bits per heavy atom. The first-order valence-corrected chi connectivity index (χ1v) is 7.28. The molecule has 0 saturated heterocycles. The molecule has 1 aromatic carbocycles. The number of alkyl halides is 4. The molecular weight excluding hydrogens is 335 g/mol. The van der Waals surface area contributed by atoms with Crippen LogP contribution in [0.3, 0.4) is 0 Å². The Labute approximate surface area is 125 Å². The van der Waals surface area contributed by atoms with Crippen molar-refractivity contribution in [3.8, 4) is 0 Å². The number of nitrogens with zero attached hydrogens (tertiary/aromatic N) is 1. The van der Waals surface area contributed by atoms with Crippen LogP contribution in [0.25, 0.3) is 0 Å². The minimum atomic E-state index is -4.40. The van der Waals surface area contributed by atoms with E-state index in [0.717, 1.165) is 4.90 Å².